The summed E-state index contributed by atoms with van der Waals surface area (Å²) in [6, 6.07) is 8.57. The fourth-order valence-electron chi connectivity index (χ4n) is 1.71. The van der Waals surface area contributed by atoms with Gasteiger partial charge in [0.25, 0.3) is 0 Å². The molecule has 0 saturated carbocycles. The molecule has 3 heteroatoms. The van der Waals surface area contributed by atoms with E-state index in [0.717, 1.165) is 11.3 Å². The first-order chi connectivity index (χ1) is 7.58. The average molecular weight is 232 g/mol. The molecule has 16 heavy (non-hydrogen) atoms. The van der Waals surface area contributed by atoms with E-state index in [1.807, 2.05) is 0 Å². The minimum absolute atomic E-state index is 0.565. The van der Waals surface area contributed by atoms with E-state index in [0.29, 0.717) is 11.0 Å². The van der Waals surface area contributed by atoms with E-state index >= 15 is 0 Å². The summed E-state index contributed by atoms with van der Waals surface area (Å²) in [5.74, 6) is 0.565. The van der Waals surface area contributed by atoms with Crippen molar-refractivity contribution in [2.24, 2.45) is 0 Å². The molecule has 0 atom stereocenters. The summed E-state index contributed by atoms with van der Waals surface area (Å²) < 4.78 is 0. The maximum absolute atomic E-state index is 5.70. The number of hydrogen-bond donors (Lipinski definition) is 1. The lowest BCUT2D eigenvalue weighted by atomic mass is 10.0. The van der Waals surface area contributed by atoms with Crippen LogP contribution in [0, 0.1) is 6.92 Å². The van der Waals surface area contributed by atoms with Gasteiger partial charge in [0, 0.05) is 10.4 Å². The van der Waals surface area contributed by atoms with Crippen LogP contribution in [-0.2, 0) is 0 Å². The number of hydrogen-bond acceptors (Lipinski definition) is 3. The summed E-state index contributed by atoms with van der Waals surface area (Å²) in [6.07, 6.45) is 0. The Kier molecular flexibility index (Phi) is 2.97. The molecule has 0 radical (unpaired) electrons. The molecule has 1 aromatic carbocycles. The van der Waals surface area contributed by atoms with Crippen LogP contribution in [0.15, 0.2) is 24.3 Å². The smallest absolute Gasteiger partial charge is 0.180 e. The minimum atomic E-state index is 0.565. The van der Waals surface area contributed by atoms with Gasteiger partial charge in [0.1, 0.15) is 0 Å². The number of thiazole rings is 1. The summed E-state index contributed by atoms with van der Waals surface area (Å²) in [4.78, 5) is 5.53. The normalized spacial score (nSPS) is 11.0. The monoisotopic (exact) mass is 232 g/mol. The molecule has 0 aliphatic heterocycles. The Morgan fingerprint density at radius 1 is 1.19 bits per heavy atom. The van der Waals surface area contributed by atoms with Gasteiger partial charge in [-0.3, -0.25) is 0 Å². The quantitative estimate of drug-likeness (QED) is 0.854. The Labute approximate surface area is 100 Å². The fourth-order valence-corrected chi connectivity index (χ4v) is 2.42. The third-order valence-electron chi connectivity index (χ3n) is 2.66. The molecule has 0 aliphatic rings. The zero-order valence-corrected chi connectivity index (χ0v) is 10.6. The summed E-state index contributed by atoms with van der Waals surface area (Å²) >= 11 is 1.54. The molecule has 1 heterocycles. The van der Waals surface area contributed by atoms with Crippen molar-refractivity contribution in [3.05, 3.63) is 34.7 Å². The van der Waals surface area contributed by atoms with Crippen molar-refractivity contribution in [3.8, 4) is 11.3 Å². The second kappa shape index (κ2) is 4.26. The number of nitrogens with two attached hydrogens (primary N) is 1. The van der Waals surface area contributed by atoms with Gasteiger partial charge >= 0.3 is 0 Å². The van der Waals surface area contributed by atoms with Gasteiger partial charge in [0.2, 0.25) is 0 Å². The molecule has 0 saturated heterocycles. The SMILES string of the molecule is Cc1sc(N)nc1-c1ccc(C(C)C)cc1. The highest BCUT2D eigenvalue weighted by molar-refractivity contribution is 7.15. The highest BCUT2D eigenvalue weighted by Crippen LogP contribution is 2.29. The van der Waals surface area contributed by atoms with Gasteiger partial charge in [-0.1, -0.05) is 38.1 Å². The first-order valence-electron chi connectivity index (χ1n) is 5.41. The van der Waals surface area contributed by atoms with E-state index < -0.39 is 0 Å². The van der Waals surface area contributed by atoms with Crippen LogP contribution in [0.4, 0.5) is 5.13 Å². The molecule has 1 aromatic heterocycles. The molecule has 0 unspecified atom stereocenters. The predicted octanol–water partition coefficient (Wildman–Crippen LogP) is 3.82. The van der Waals surface area contributed by atoms with E-state index in [-0.39, 0.29) is 0 Å². The van der Waals surface area contributed by atoms with Crippen LogP contribution in [0.5, 0.6) is 0 Å². The summed E-state index contributed by atoms with van der Waals surface area (Å²) in [6.45, 7) is 6.45. The third-order valence-corrected chi connectivity index (χ3v) is 3.46. The van der Waals surface area contributed by atoms with Crippen molar-refractivity contribution >= 4 is 16.5 Å². The molecular weight excluding hydrogens is 216 g/mol. The first kappa shape index (κ1) is 11.1. The highest BCUT2D eigenvalue weighted by Gasteiger charge is 2.08. The highest BCUT2D eigenvalue weighted by atomic mass is 32.1. The van der Waals surface area contributed by atoms with Crippen molar-refractivity contribution in [3.63, 3.8) is 0 Å². The van der Waals surface area contributed by atoms with Gasteiger partial charge in [0.15, 0.2) is 5.13 Å². The van der Waals surface area contributed by atoms with E-state index in [2.05, 4.69) is 50.0 Å². The molecule has 0 amide bonds. The molecule has 2 N–H and O–H groups in total. The standard InChI is InChI=1S/C13H16N2S/c1-8(2)10-4-6-11(7-5-10)12-9(3)16-13(14)15-12/h4-8H,1-3H3,(H2,14,15). The average Bonchev–Trinajstić information content (AvgIpc) is 2.58. The van der Waals surface area contributed by atoms with Crippen molar-refractivity contribution in [2.45, 2.75) is 26.7 Å². The van der Waals surface area contributed by atoms with Gasteiger partial charge < -0.3 is 5.73 Å². The minimum Gasteiger partial charge on any atom is -0.375 e. The Balaban J connectivity index is 2.38. The van der Waals surface area contributed by atoms with Gasteiger partial charge in [0.05, 0.1) is 5.69 Å². The number of aryl methyl sites for hydroxylation is 1. The van der Waals surface area contributed by atoms with E-state index in [9.17, 15) is 0 Å². The van der Waals surface area contributed by atoms with Crippen molar-refractivity contribution in [1.82, 2.24) is 4.98 Å². The van der Waals surface area contributed by atoms with Crippen LogP contribution < -0.4 is 5.73 Å². The molecular formula is C13H16N2S. The topological polar surface area (TPSA) is 38.9 Å². The Morgan fingerprint density at radius 3 is 2.25 bits per heavy atom. The lowest BCUT2D eigenvalue weighted by Gasteiger charge is -2.05. The van der Waals surface area contributed by atoms with E-state index in [1.54, 1.807) is 11.3 Å². The summed E-state index contributed by atoms with van der Waals surface area (Å²) in [7, 11) is 0. The zero-order valence-electron chi connectivity index (χ0n) is 9.82. The van der Waals surface area contributed by atoms with Crippen molar-refractivity contribution in [1.29, 1.82) is 0 Å². The lowest BCUT2D eigenvalue weighted by molar-refractivity contribution is 0.867. The van der Waals surface area contributed by atoms with Crippen LogP contribution in [0.25, 0.3) is 11.3 Å². The zero-order chi connectivity index (χ0) is 11.7. The van der Waals surface area contributed by atoms with Crippen molar-refractivity contribution in [2.75, 3.05) is 5.73 Å². The Hall–Kier alpha value is -1.35. The molecule has 0 fully saturated rings. The molecule has 84 valence electrons. The molecule has 2 nitrogen and oxygen atoms in total. The summed E-state index contributed by atoms with van der Waals surface area (Å²) in [5.41, 5.74) is 9.21. The molecule has 2 aromatic rings. The first-order valence-corrected chi connectivity index (χ1v) is 6.23. The molecule has 2 rings (SSSR count). The number of nitrogen functional groups attached to an aromatic ring is 1. The predicted molar refractivity (Wildman–Crippen MR) is 70.8 cm³/mol. The van der Waals surface area contributed by atoms with Crippen molar-refractivity contribution < 1.29 is 0 Å². The van der Waals surface area contributed by atoms with Crippen LogP contribution >= 0.6 is 11.3 Å². The molecule has 0 bridgehead atoms. The second-order valence-electron chi connectivity index (χ2n) is 4.23. The lowest BCUT2D eigenvalue weighted by Crippen LogP contribution is -1.88. The fraction of sp³-hybridized carbons (Fsp3) is 0.308. The van der Waals surface area contributed by atoms with Crippen LogP contribution in [0.3, 0.4) is 0 Å². The number of rotatable bonds is 2. The van der Waals surface area contributed by atoms with Gasteiger partial charge in [-0.2, -0.15) is 0 Å². The Bertz CT molecular complexity index is 483. The van der Waals surface area contributed by atoms with Gasteiger partial charge in [-0.05, 0) is 18.4 Å². The molecule has 0 aliphatic carbocycles. The van der Waals surface area contributed by atoms with E-state index in [1.165, 1.54) is 10.4 Å². The van der Waals surface area contributed by atoms with Gasteiger partial charge in [-0.25, -0.2) is 4.98 Å². The van der Waals surface area contributed by atoms with Crippen LogP contribution in [0.1, 0.15) is 30.2 Å². The van der Waals surface area contributed by atoms with Crippen LogP contribution in [-0.4, -0.2) is 4.98 Å². The maximum atomic E-state index is 5.70. The number of aromatic nitrogens is 1. The maximum Gasteiger partial charge on any atom is 0.180 e. The third kappa shape index (κ3) is 2.09. The van der Waals surface area contributed by atoms with Gasteiger partial charge in [-0.15, -0.1) is 11.3 Å². The second-order valence-corrected chi connectivity index (χ2v) is 5.47. The largest absolute Gasteiger partial charge is 0.375 e. The Morgan fingerprint density at radius 2 is 1.81 bits per heavy atom. The summed E-state index contributed by atoms with van der Waals surface area (Å²) in [5, 5.41) is 0.639. The number of anilines is 1. The van der Waals surface area contributed by atoms with Crippen LogP contribution in [0.2, 0.25) is 0 Å². The molecule has 0 spiro atoms. The number of benzene rings is 1. The number of nitrogens with zero attached hydrogens (tertiary/aromatic N) is 1. The van der Waals surface area contributed by atoms with E-state index in [4.69, 9.17) is 5.73 Å².